The molecule has 3 heteroatoms. The Morgan fingerprint density at radius 3 is 2.32 bits per heavy atom. The summed E-state index contributed by atoms with van der Waals surface area (Å²) in [6.45, 7) is 11.5. The van der Waals surface area contributed by atoms with E-state index in [2.05, 4.69) is 51.2 Å². The Kier molecular flexibility index (Phi) is 5.49. The van der Waals surface area contributed by atoms with Crippen molar-refractivity contribution in [3.8, 4) is 0 Å². The van der Waals surface area contributed by atoms with E-state index in [-0.39, 0.29) is 5.41 Å². The molecule has 1 N–H and O–H groups in total. The van der Waals surface area contributed by atoms with E-state index in [1.54, 1.807) is 0 Å². The molecule has 0 fully saturated rings. The highest BCUT2D eigenvalue weighted by Gasteiger charge is 2.32. The average Bonchev–Trinajstić information content (AvgIpc) is 2.87. The molecule has 0 saturated heterocycles. The van der Waals surface area contributed by atoms with Crippen molar-refractivity contribution < 1.29 is 4.52 Å². The number of aromatic nitrogens is 1. The van der Waals surface area contributed by atoms with Crippen molar-refractivity contribution in [1.29, 1.82) is 0 Å². The summed E-state index contributed by atoms with van der Waals surface area (Å²) in [5.41, 5.74) is 1.02. The lowest BCUT2D eigenvalue weighted by Gasteiger charge is -2.38. The standard InChI is InChI=1S/C19H30N2O/c1-6-10-14(11-7-2)17(19(3,4)5)20-18-15-12-8-9-13-16(15)22-21-18/h8-9,12-14,17H,6-7,10-11H2,1-5H3,(H,20,21). The molecule has 1 unspecified atom stereocenters. The number of fused-ring (bicyclic) bond motifs is 1. The monoisotopic (exact) mass is 302 g/mol. The van der Waals surface area contributed by atoms with Gasteiger partial charge in [0, 0.05) is 6.04 Å². The maximum atomic E-state index is 5.45. The van der Waals surface area contributed by atoms with E-state index in [4.69, 9.17) is 4.52 Å². The minimum absolute atomic E-state index is 0.176. The second-order valence-corrected chi connectivity index (χ2v) is 7.35. The fourth-order valence-electron chi connectivity index (χ4n) is 3.40. The Morgan fingerprint density at radius 1 is 1.09 bits per heavy atom. The highest BCUT2D eigenvalue weighted by molar-refractivity contribution is 5.87. The Morgan fingerprint density at radius 2 is 1.73 bits per heavy atom. The predicted octanol–water partition coefficient (Wildman–Crippen LogP) is 5.87. The summed E-state index contributed by atoms with van der Waals surface area (Å²) in [6.07, 6.45) is 4.94. The quantitative estimate of drug-likeness (QED) is 0.695. The van der Waals surface area contributed by atoms with E-state index in [1.165, 1.54) is 25.7 Å². The third-order valence-electron chi connectivity index (χ3n) is 4.39. The molecule has 0 aliphatic heterocycles. The van der Waals surface area contributed by atoms with Gasteiger partial charge in [-0.25, -0.2) is 0 Å². The van der Waals surface area contributed by atoms with Crippen LogP contribution in [0.4, 0.5) is 5.82 Å². The van der Waals surface area contributed by atoms with Crippen LogP contribution in [0.5, 0.6) is 0 Å². The summed E-state index contributed by atoms with van der Waals surface area (Å²) in [4.78, 5) is 0. The topological polar surface area (TPSA) is 38.1 Å². The number of hydrogen-bond donors (Lipinski definition) is 1. The number of nitrogens with zero attached hydrogens (tertiary/aromatic N) is 1. The highest BCUT2D eigenvalue weighted by atomic mass is 16.5. The van der Waals surface area contributed by atoms with E-state index < -0.39 is 0 Å². The molecule has 0 bridgehead atoms. The molecule has 22 heavy (non-hydrogen) atoms. The van der Waals surface area contributed by atoms with Crippen LogP contribution >= 0.6 is 0 Å². The molecular weight excluding hydrogens is 272 g/mol. The predicted molar refractivity (Wildman–Crippen MR) is 94.2 cm³/mol. The van der Waals surface area contributed by atoms with E-state index in [0.29, 0.717) is 12.0 Å². The van der Waals surface area contributed by atoms with Gasteiger partial charge in [-0.2, -0.15) is 0 Å². The van der Waals surface area contributed by atoms with Gasteiger partial charge in [0.2, 0.25) is 0 Å². The van der Waals surface area contributed by atoms with Crippen molar-refractivity contribution in [2.75, 3.05) is 5.32 Å². The zero-order valence-corrected chi connectivity index (χ0v) is 14.6. The van der Waals surface area contributed by atoms with Crippen LogP contribution in [0, 0.1) is 11.3 Å². The van der Waals surface area contributed by atoms with Gasteiger partial charge in [-0.1, -0.05) is 64.7 Å². The van der Waals surface area contributed by atoms with Gasteiger partial charge >= 0.3 is 0 Å². The van der Waals surface area contributed by atoms with Gasteiger partial charge in [-0.15, -0.1) is 0 Å². The number of rotatable bonds is 7. The van der Waals surface area contributed by atoms with Gasteiger partial charge in [-0.3, -0.25) is 0 Å². The van der Waals surface area contributed by atoms with E-state index in [1.807, 2.05) is 18.2 Å². The molecule has 0 saturated carbocycles. The molecule has 1 aromatic heterocycles. The van der Waals surface area contributed by atoms with Crippen molar-refractivity contribution >= 4 is 16.8 Å². The lowest BCUT2D eigenvalue weighted by atomic mass is 9.75. The first-order valence-electron chi connectivity index (χ1n) is 8.58. The lowest BCUT2D eigenvalue weighted by Crippen LogP contribution is -2.40. The van der Waals surface area contributed by atoms with Gasteiger partial charge in [0.05, 0.1) is 5.39 Å². The zero-order chi connectivity index (χ0) is 16.2. The molecule has 2 rings (SSSR count). The molecule has 1 aromatic carbocycles. The highest BCUT2D eigenvalue weighted by Crippen LogP contribution is 2.35. The third kappa shape index (κ3) is 3.82. The smallest absolute Gasteiger partial charge is 0.177 e. The largest absolute Gasteiger partial charge is 0.363 e. The summed E-state index contributed by atoms with van der Waals surface area (Å²) in [6, 6.07) is 8.44. The summed E-state index contributed by atoms with van der Waals surface area (Å²) in [5.74, 6) is 1.54. The molecule has 1 atom stereocenters. The Bertz CT molecular complexity index is 576. The van der Waals surface area contributed by atoms with E-state index >= 15 is 0 Å². The van der Waals surface area contributed by atoms with Gasteiger partial charge in [-0.05, 0) is 36.3 Å². The number of nitrogens with one attached hydrogen (secondary N) is 1. The van der Waals surface area contributed by atoms with Crippen LogP contribution in [0.15, 0.2) is 28.8 Å². The summed E-state index contributed by atoms with van der Waals surface area (Å²) >= 11 is 0. The first-order valence-corrected chi connectivity index (χ1v) is 8.58. The van der Waals surface area contributed by atoms with E-state index in [0.717, 1.165) is 16.8 Å². The molecule has 1 heterocycles. The van der Waals surface area contributed by atoms with Gasteiger partial charge in [0.1, 0.15) is 0 Å². The number of hydrogen-bond acceptors (Lipinski definition) is 3. The van der Waals surface area contributed by atoms with Crippen molar-refractivity contribution in [2.45, 2.75) is 66.3 Å². The molecular formula is C19H30N2O. The van der Waals surface area contributed by atoms with Gasteiger partial charge < -0.3 is 9.84 Å². The Hall–Kier alpha value is -1.51. The van der Waals surface area contributed by atoms with E-state index in [9.17, 15) is 0 Å². The van der Waals surface area contributed by atoms with Crippen LogP contribution in [0.2, 0.25) is 0 Å². The van der Waals surface area contributed by atoms with Crippen LogP contribution in [0.1, 0.15) is 60.3 Å². The number of para-hydroxylation sites is 1. The SMILES string of the molecule is CCCC(CCC)C(Nc1noc2ccccc12)C(C)(C)C. The van der Waals surface area contributed by atoms with Crippen LogP contribution in [-0.4, -0.2) is 11.2 Å². The fourth-order valence-corrected chi connectivity index (χ4v) is 3.40. The molecule has 0 spiro atoms. The molecule has 0 radical (unpaired) electrons. The maximum Gasteiger partial charge on any atom is 0.177 e. The number of anilines is 1. The number of benzene rings is 1. The molecule has 122 valence electrons. The zero-order valence-electron chi connectivity index (χ0n) is 14.6. The molecule has 3 nitrogen and oxygen atoms in total. The van der Waals surface area contributed by atoms with Crippen molar-refractivity contribution in [1.82, 2.24) is 5.16 Å². The van der Waals surface area contributed by atoms with Crippen molar-refractivity contribution in [3.05, 3.63) is 24.3 Å². The third-order valence-corrected chi connectivity index (χ3v) is 4.39. The molecule has 2 aromatic rings. The Balaban J connectivity index is 2.30. The van der Waals surface area contributed by atoms with Gasteiger partial charge in [0.25, 0.3) is 0 Å². The normalized spacial score (nSPS) is 13.7. The second kappa shape index (κ2) is 7.17. The van der Waals surface area contributed by atoms with Crippen LogP contribution < -0.4 is 5.32 Å². The first-order chi connectivity index (χ1) is 10.5. The van der Waals surface area contributed by atoms with Crippen LogP contribution in [0.3, 0.4) is 0 Å². The van der Waals surface area contributed by atoms with Crippen molar-refractivity contribution in [2.24, 2.45) is 11.3 Å². The minimum Gasteiger partial charge on any atom is -0.363 e. The first kappa shape index (κ1) is 16.9. The average molecular weight is 302 g/mol. The maximum absolute atomic E-state index is 5.45. The second-order valence-electron chi connectivity index (χ2n) is 7.35. The summed E-state index contributed by atoms with van der Waals surface area (Å²) < 4.78 is 5.45. The van der Waals surface area contributed by atoms with Crippen molar-refractivity contribution in [3.63, 3.8) is 0 Å². The minimum atomic E-state index is 0.176. The summed E-state index contributed by atoms with van der Waals surface area (Å²) in [7, 11) is 0. The van der Waals surface area contributed by atoms with Crippen LogP contribution in [-0.2, 0) is 0 Å². The fraction of sp³-hybridized carbons (Fsp3) is 0.632. The molecule has 0 aliphatic rings. The van der Waals surface area contributed by atoms with Crippen LogP contribution in [0.25, 0.3) is 11.0 Å². The lowest BCUT2D eigenvalue weighted by molar-refractivity contribution is 0.232. The molecule has 0 aliphatic carbocycles. The molecule has 0 amide bonds. The van der Waals surface area contributed by atoms with Gasteiger partial charge in [0.15, 0.2) is 11.4 Å². The Labute approximate surface area is 134 Å². The summed E-state index contributed by atoms with van der Waals surface area (Å²) in [5, 5.41) is 9.04.